The van der Waals surface area contributed by atoms with E-state index in [9.17, 15) is 4.79 Å². The highest BCUT2D eigenvalue weighted by molar-refractivity contribution is 5.81. The standard InChI is InChI=1S/C11H24N2O/c1-4-5-6-7-13-11(14)10(12)8-9(2)3/h9-10H,4-8,12H2,1-3H3,(H,13,14)/t10-/m0/s1. The van der Waals surface area contributed by atoms with Crippen molar-refractivity contribution in [2.75, 3.05) is 6.54 Å². The van der Waals surface area contributed by atoms with Crippen LogP contribution in [0, 0.1) is 5.92 Å². The van der Waals surface area contributed by atoms with Crippen LogP contribution in [0.2, 0.25) is 0 Å². The molecule has 0 aliphatic rings. The first-order valence-corrected chi connectivity index (χ1v) is 5.61. The molecule has 84 valence electrons. The minimum absolute atomic E-state index is 0.00481. The predicted octanol–water partition coefficient (Wildman–Crippen LogP) is 1.67. The minimum atomic E-state index is -0.336. The van der Waals surface area contributed by atoms with E-state index in [-0.39, 0.29) is 11.9 Å². The zero-order valence-corrected chi connectivity index (χ0v) is 9.68. The number of amides is 1. The number of hydrogen-bond donors (Lipinski definition) is 2. The Morgan fingerprint density at radius 2 is 2.00 bits per heavy atom. The van der Waals surface area contributed by atoms with Crippen LogP contribution in [0.4, 0.5) is 0 Å². The first kappa shape index (κ1) is 13.4. The SMILES string of the molecule is CCCCCNC(=O)[C@@H](N)CC(C)C. The Labute approximate surface area is 87.4 Å². The van der Waals surface area contributed by atoms with Crippen LogP contribution >= 0.6 is 0 Å². The second-order valence-electron chi connectivity index (χ2n) is 4.23. The summed E-state index contributed by atoms with van der Waals surface area (Å²) in [5.41, 5.74) is 5.72. The summed E-state index contributed by atoms with van der Waals surface area (Å²) in [6, 6.07) is -0.336. The van der Waals surface area contributed by atoms with Gasteiger partial charge in [0.05, 0.1) is 6.04 Å². The van der Waals surface area contributed by atoms with Gasteiger partial charge in [0.1, 0.15) is 0 Å². The van der Waals surface area contributed by atoms with E-state index in [1.165, 1.54) is 12.8 Å². The molecule has 0 fully saturated rings. The van der Waals surface area contributed by atoms with Crippen molar-refractivity contribution in [1.29, 1.82) is 0 Å². The van der Waals surface area contributed by atoms with Gasteiger partial charge in [-0.1, -0.05) is 33.6 Å². The second-order valence-corrected chi connectivity index (χ2v) is 4.23. The van der Waals surface area contributed by atoms with Crippen LogP contribution in [0.3, 0.4) is 0 Å². The van der Waals surface area contributed by atoms with Gasteiger partial charge in [-0.2, -0.15) is 0 Å². The minimum Gasteiger partial charge on any atom is -0.355 e. The molecular weight excluding hydrogens is 176 g/mol. The van der Waals surface area contributed by atoms with Gasteiger partial charge in [-0.3, -0.25) is 4.79 Å². The first-order chi connectivity index (χ1) is 6.57. The molecule has 14 heavy (non-hydrogen) atoms. The van der Waals surface area contributed by atoms with Crippen LogP contribution in [0.25, 0.3) is 0 Å². The molecule has 0 spiro atoms. The lowest BCUT2D eigenvalue weighted by Crippen LogP contribution is -2.41. The van der Waals surface area contributed by atoms with E-state index in [0.717, 1.165) is 19.4 Å². The van der Waals surface area contributed by atoms with Gasteiger partial charge in [0.25, 0.3) is 0 Å². The topological polar surface area (TPSA) is 55.1 Å². The third-order valence-electron chi connectivity index (χ3n) is 2.14. The number of carbonyl (C=O) groups excluding carboxylic acids is 1. The van der Waals surface area contributed by atoms with Crippen molar-refractivity contribution < 1.29 is 4.79 Å². The van der Waals surface area contributed by atoms with Crippen molar-refractivity contribution in [3.63, 3.8) is 0 Å². The number of hydrogen-bond acceptors (Lipinski definition) is 2. The van der Waals surface area contributed by atoms with E-state index in [1.807, 2.05) is 0 Å². The molecule has 0 aromatic rings. The molecule has 0 aliphatic heterocycles. The van der Waals surface area contributed by atoms with E-state index in [4.69, 9.17) is 5.73 Å². The lowest BCUT2D eigenvalue weighted by molar-refractivity contribution is -0.122. The van der Waals surface area contributed by atoms with Crippen LogP contribution in [0.5, 0.6) is 0 Å². The summed E-state index contributed by atoms with van der Waals surface area (Å²) in [7, 11) is 0. The molecule has 0 aromatic carbocycles. The number of rotatable bonds is 7. The highest BCUT2D eigenvalue weighted by atomic mass is 16.2. The van der Waals surface area contributed by atoms with E-state index >= 15 is 0 Å². The summed E-state index contributed by atoms with van der Waals surface area (Å²) in [4.78, 5) is 11.4. The molecule has 0 rings (SSSR count). The maximum atomic E-state index is 11.4. The number of nitrogens with two attached hydrogens (primary N) is 1. The average Bonchev–Trinajstić information content (AvgIpc) is 2.11. The Bertz CT molecular complexity index is 157. The highest BCUT2D eigenvalue weighted by Crippen LogP contribution is 2.02. The van der Waals surface area contributed by atoms with Gasteiger partial charge in [-0.25, -0.2) is 0 Å². The third-order valence-corrected chi connectivity index (χ3v) is 2.14. The largest absolute Gasteiger partial charge is 0.355 e. The van der Waals surface area contributed by atoms with Crippen LogP contribution in [-0.4, -0.2) is 18.5 Å². The van der Waals surface area contributed by atoms with E-state index in [2.05, 4.69) is 26.1 Å². The van der Waals surface area contributed by atoms with Gasteiger partial charge in [0.15, 0.2) is 0 Å². The van der Waals surface area contributed by atoms with Gasteiger partial charge in [-0.15, -0.1) is 0 Å². The Morgan fingerprint density at radius 1 is 1.36 bits per heavy atom. The van der Waals surface area contributed by atoms with Gasteiger partial charge in [0, 0.05) is 6.54 Å². The van der Waals surface area contributed by atoms with E-state index in [1.54, 1.807) is 0 Å². The lowest BCUT2D eigenvalue weighted by Gasteiger charge is -2.13. The number of carbonyl (C=O) groups is 1. The third kappa shape index (κ3) is 6.89. The van der Waals surface area contributed by atoms with Crippen molar-refractivity contribution in [1.82, 2.24) is 5.32 Å². The summed E-state index contributed by atoms with van der Waals surface area (Å²) >= 11 is 0. The fourth-order valence-electron chi connectivity index (χ4n) is 1.33. The number of nitrogens with one attached hydrogen (secondary N) is 1. The summed E-state index contributed by atoms with van der Waals surface area (Å²) in [5, 5.41) is 2.86. The molecule has 0 aromatic heterocycles. The fraction of sp³-hybridized carbons (Fsp3) is 0.909. The maximum absolute atomic E-state index is 11.4. The molecule has 3 heteroatoms. The average molecular weight is 200 g/mol. The summed E-state index contributed by atoms with van der Waals surface area (Å²) in [6.07, 6.45) is 4.16. The van der Waals surface area contributed by atoms with Crippen LogP contribution in [-0.2, 0) is 4.79 Å². The Kier molecular flexibility index (Phi) is 7.48. The predicted molar refractivity (Wildman–Crippen MR) is 60.0 cm³/mol. The van der Waals surface area contributed by atoms with E-state index in [0.29, 0.717) is 5.92 Å². The fourth-order valence-corrected chi connectivity index (χ4v) is 1.33. The van der Waals surface area contributed by atoms with E-state index < -0.39 is 0 Å². The van der Waals surface area contributed by atoms with Crippen molar-refractivity contribution in [3.8, 4) is 0 Å². The molecule has 0 saturated heterocycles. The molecule has 3 nitrogen and oxygen atoms in total. The quantitative estimate of drug-likeness (QED) is 0.614. The molecule has 0 unspecified atom stereocenters. The highest BCUT2D eigenvalue weighted by Gasteiger charge is 2.13. The van der Waals surface area contributed by atoms with Crippen molar-refractivity contribution in [2.45, 2.75) is 52.5 Å². The van der Waals surface area contributed by atoms with Gasteiger partial charge >= 0.3 is 0 Å². The monoisotopic (exact) mass is 200 g/mol. The maximum Gasteiger partial charge on any atom is 0.236 e. The van der Waals surface area contributed by atoms with Crippen LogP contribution in [0.1, 0.15) is 46.5 Å². The van der Waals surface area contributed by atoms with Crippen molar-refractivity contribution in [2.24, 2.45) is 11.7 Å². The van der Waals surface area contributed by atoms with Crippen molar-refractivity contribution >= 4 is 5.91 Å². The molecule has 0 aliphatic carbocycles. The Hall–Kier alpha value is -0.570. The van der Waals surface area contributed by atoms with Gasteiger partial charge in [-0.05, 0) is 18.8 Å². The molecular formula is C11H24N2O. The molecule has 0 radical (unpaired) electrons. The molecule has 1 amide bonds. The number of unbranched alkanes of at least 4 members (excludes halogenated alkanes) is 2. The molecule has 0 bridgehead atoms. The van der Waals surface area contributed by atoms with Crippen LogP contribution < -0.4 is 11.1 Å². The zero-order chi connectivity index (χ0) is 11.0. The first-order valence-electron chi connectivity index (χ1n) is 5.61. The van der Waals surface area contributed by atoms with Gasteiger partial charge in [0.2, 0.25) is 5.91 Å². The van der Waals surface area contributed by atoms with Gasteiger partial charge < -0.3 is 11.1 Å². The summed E-state index contributed by atoms with van der Waals surface area (Å²) in [6.45, 7) is 7.05. The molecule has 0 saturated carbocycles. The lowest BCUT2D eigenvalue weighted by atomic mass is 10.0. The second kappa shape index (κ2) is 7.80. The normalized spacial score (nSPS) is 12.9. The Balaban J connectivity index is 3.52. The zero-order valence-electron chi connectivity index (χ0n) is 9.68. The van der Waals surface area contributed by atoms with Crippen molar-refractivity contribution in [3.05, 3.63) is 0 Å². The summed E-state index contributed by atoms with van der Waals surface area (Å²) in [5.74, 6) is 0.473. The Morgan fingerprint density at radius 3 is 2.50 bits per heavy atom. The molecule has 0 heterocycles. The molecule has 3 N–H and O–H groups in total. The molecule has 1 atom stereocenters. The smallest absolute Gasteiger partial charge is 0.236 e. The summed E-state index contributed by atoms with van der Waals surface area (Å²) < 4.78 is 0. The van der Waals surface area contributed by atoms with Crippen LogP contribution in [0.15, 0.2) is 0 Å².